The Morgan fingerprint density at radius 3 is 2.86 bits per heavy atom. The highest BCUT2D eigenvalue weighted by Crippen LogP contribution is 2.20. The smallest absolute Gasteiger partial charge is 0.0478 e. The maximum absolute atomic E-state index is 6.08. The van der Waals surface area contributed by atoms with Crippen molar-refractivity contribution in [3.05, 3.63) is 40.4 Å². The van der Waals surface area contributed by atoms with Crippen LogP contribution in [0.15, 0.2) is 29.8 Å². The third-order valence-electron chi connectivity index (χ3n) is 2.47. The minimum Gasteiger partial charge on any atom is -0.313 e. The maximum Gasteiger partial charge on any atom is 0.0478 e. The van der Waals surface area contributed by atoms with Crippen LogP contribution < -0.4 is 5.32 Å². The molecule has 0 radical (unpaired) electrons. The fourth-order valence-electron chi connectivity index (χ4n) is 1.71. The lowest BCUT2D eigenvalue weighted by atomic mass is 10.0. The molecule has 1 saturated heterocycles. The van der Waals surface area contributed by atoms with Crippen LogP contribution in [0, 0.1) is 0 Å². The predicted molar refractivity (Wildman–Crippen MR) is 61.5 cm³/mol. The summed E-state index contributed by atoms with van der Waals surface area (Å²) >= 11 is 6.08. The van der Waals surface area contributed by atoms with Crippen LogP contribution in [0.25, 0.3) is 6.08 Å². The molecule has 1 aliphatic heterocycles. The van der Waals surface area contributed by atoms with Crippen LogP contribution in [-0.2, 0) is 0 Å². The topological polar surface area (TPSA) is 12.0 Å². The van der Waals surface area contributed by atoms with Gasteiger partial charge in [0.25, 0.3) is 0 Å². The van der Waals surface area contributed by atoms with Crippen LogP contribution in [-0.4, -0.2) is 13.1 Å². The van der Waals surface area contributed by atoms with Crippen molar-refractivity contribution in [1.82, 2.24) is 5.32 Å². The minimum absolute atomic E-state index is 0.838. The lowest BCUT2D eigenvalue weighted by Gasteiger charge is -2.15. The van der Waals surface area contributed by atoms with E-state index in [2.05, 4.69) is 17.5 Å². The summed E-state index contributed by atoms with van der Waals surface area (Å²) in [5, 5.41) is 4.20. The van der Waals surface area contributed by atoms with E-state index in [1.807, 2.05) is 18.2 Å². The van der Waals surface area contributed by atoms with E-state index in [1.165, 1.54) is 18.4 Å². The van der Waals surface area contributed by atoms with Gasteiger partial charge in [0.2, 0.25) is 0 Å². The van der Waals surface area contributed by atoms with E-state index < -0.39 is 0 Å². The quantitative estimate of drug-likeness (QED) is 0.746. The highest BCUT2D eigenvalue weighted by atomic mass is 35.5. The normalized spacial score (nSPS) is 19.9. The second-order valence-corrected chi connectivity index (χ2v) is 4.01. The number of halogens is 1. The third-order valence-corrected chi connectivity index (χ3v) is 2.81. The van der Waals surface area contributed by atoms with Crippen LogP contribution in [0.1, 0.15) is 18.4 Å². The van der Waals surface area contributed by atoms with Gasteiger partial charge in [-0.25, -0.2) is 0 Å². The summed E-state index contributed by atoms with van der Waals surface area (Å²) < 4.78 is 0. The lowest BCUT2D eigenvalue weighted by molar-refractivity contribution is 0.613. The zero-order chi connectivity index (χ0) is 9.80. The molecule has 74 valence electrons. The third kappa shape index (κ3) is 2.37. The van der Waals surface area contributed by atoms with Crippen LogP contribution in [0.3, 0.4) is 0 Å². The predicted octanol–water partition coefficient (Wildman–Crippen LogP) is 3.11. The fourth-order valence-corrected chi connectivity index (χ4v) is 1.90. The van der Waals surface area contributed by atoms with Crippen molar-refractivity contribution in [2.24, 2.45) is 0 Å². The molecule has 0 amide bonds. The average molecular weight is 208 g/mol. The van der Waals surface area contributed by atoms with Gasteiger partial charge in [-0.15, -0.1) is 0 Å². The molecule has 1 aromatic carbocycles. The van der Waals surface area contributed by atoms with Gasteiger partial charge in [-0.05, 0) is 31.0 Å². The minimum atomic E-state index is 0.838. The van der Waals surface area contributed by atoms with Crippen molar-refractivity contribution in [1.29, 1.82) is 0 Å². The first-order valence-corrected chi connectivity index (χ1v) is 5.39. The van der Waals surface area contributed by atoms with Gasteiger partial charge in [-0.3, -0.25) is 0 Å². The molecule has 0 aromatic heterocycles. The van der Waals surface area contributed by atoms with Crippen LogP contribution in [0.2, 0.25) is 5.02 Å². The van der Waals surface area contributed by atoms with E-state index >= 15 is 0 Å². The van der Waals surface area contributed by atoms with Crippen LogP contribution in [0.4, 0.5) is 0 Å². The molecule has 14 heavy (non-hydrogen) atoms. The first kappa shape index (κ1) is 9.75. The molecule has 1 nitrogen and oxygen atoms in total. The highest BCUT2D eigenvalue weighted by molar-refractivity contribution is 6.32. The summed E-state index contributed by atoms with van der Waals surface area (Å²) in [4.78, 5) is 0. The van der Waals surface area contributed by atoms with E-state index in [0.717, 1.165) is 23.7 Å². The maximum atomic E-state index is 6.08. The zero-order valence-corrected chi connectivity index (χ0v) is 8.85. The molecule has 0 spiro atoms. The Morgan fingerprint density at radius 2 is 2.14 bits per heavy atom. The van der Waals surface area contributed by atoms with E-state index in [4.69, 9.17) is 11.6 Å². The van der Waals surface area contributed by atoms with Crippen LogP contribution >= 0.6 is 11.6 Å². The summed E-state index contributed by atoms with van der Waals surface area (Å²) in [6, 6.07) is 7.98. The zero-order valence-electron chi connectivity index (χ0n) is 8.09. The van der Waals surface area contributed by atoms with Crippen molar-refractivity contribution in [2.75, 3.05) is 13.1 Å². The summed E-state index contributed by atoms with van der Waals surface area (Å²) in [5.74, 6) is 0. The Balaban J connectivity index is 2.19. The first-order chi connectivity index (χ1) is 6.86. The molecule has 2 rings (SSSR count). The molecule has 0 atom stereocenters. The Morgan fingerprint density at radius 1 is 1.29 bits per heavy atom. The van der Waals surface area contributed by atoms with Crippen molar-refractivity contribution >= 4 is 17.7 Å². The van der Waals surface area contributed by atoms with Crippen molar-refractivity contribution < 1.29 is 0 Å². The number of benzene rings is 1. The highest BCUT2D eigenvalue weighted by Gasteiger charge is 2.04. The van der Waals surface area contributed by atoms with Gasteiger partial charge in [-0.1, -0.05) is 41.4 Å². The molecule has 1 aliphatic rings. The number of hydrogen-bond acceptors (Lipinski definition) is 1. The van der Waals surface area contributed by atoms with Gasteiger partial charge in [0, 0.05) is 11.6 Å². The van der Waals surface area contributed by atoms with Gasteiger partial charge < -0.3 is 5.32 Å². The van der Waals surface area contributed by atoms with Gasteiger partial charge in [-0.2, -0.15) is 0 Å². The number of nitrogens with one attached hydrogen (secondary N) is 1. The summed E-state index contributed by atoms with van der Waals surface area (Å²) in [6.07, 6.45) is 4.63. The standard InChI is InChI=1S/C12H14ClN/c13-12-6-2-1-5-11(12)8-10-4-3-7-14-9-10/h1-2,5-6,8,14H,3-4,7,9H2. The van der Waals surface area contributed by atoms with Crippen molar-refractivity contribution in [3.8, 4) is 0 Å². The summed E-state index contributed by atoms with van der Waals surface area (Å²) in [7, 11) is 0. The number of hydrogen-bond donors (Lipinski definition) is 1. The fraction of sp³-hybridized carbons (Fsp3) is 0.333. The van der Waals surface area contributed by atoms with Gasteiger partial charge in [0.1, 0.15) is 0 Å². The lowest BCUT2D eigenvalue weighted by Crippen LogP contribution is -2.23. The largest absolute Gasteiger partial charge is 0.313 e. The van der Waals surface area contributed by atoms with Crippen molar-refractivity contribution in [3.63, 3.8) is 0 Å². The number of rotatable bonds is 1. The molecular weight excluding hydrogens is 194 g/mol. The SMILES string of the molecule is Clc1ccccc1C=C1CCCNC1. The Hall–Kier alpha value is -0.790. The molecule has 2 heteroatoms. The van der Waals surface area contributed by atoms with Gasteiger partial charge in [0.15, 0.2) is 0 Å². The summed E-state index contributed by atoms with van der Waals surface area (Å²) in [6.45, 7) is 2.14. The molecule has 1 heterocycles. The first-order valence-electron chi connectivity index (χ1n) is 5.01. The monoisotopic (exact) mass is 207 g/mol. The average Bonchev–Trinajstić information content (AvgIpc) is 2.23. The van der Waals surface area contributed by atoms with Crippen LogP contribution in [0.5, 0.6) is 0 Å². The molecule has 1 N–H and O–H groups in total. The molecule has 1 fully saturated rings. The Labute approximate surface area is 89.8 Å². The Kier molecular flexibility index (Phi) is 3.22. The van der Waals surface area contributed by atoms with Gasteiger partial charge in [0.05, 0.1) is 0 Å². The van der Waals surface area contributed by atoms with Gasteiger partial charge >= 0.3 is 0 Å². The molecule has 1 aromatic rings. The van der Waals surface area contributed by atoms with Crippen molar-refractivity contribution in [2.45, 2.75) is 12.8 Å². The second-order valence-electron chi connectivity index (χ2n) is 3.60. The Bertz CT molecular complexity index is 336. The van der Waals surface area contributed by atoms with E-state index in [9.17, 15) is 0 Å². The van der Waals surface area contributed by atoms with E-state index in [1.54, 1.807) is 0 Å². The molecule has 0 saturated carbocycles. The number of piperidine rings is 1. The molecular formula is C12H14ClN. The second kappa shape index (κ2) is 4.63. The summed E-state index contributed by atoms with van der Waals surface area (Å²) in [5.41, 5.74) is 2.58. The van der Waals surface area contributed by atoms with E-state index in [-0.39, 0.29) is 0 Å². The molecule has 0 aliphatic carbocycles. The van der Waals surface area contributed by atoms with E-state index in [0.29, 0.717) is 0 Å². The molecule has 0 bridgehead atoms. The molecule has 0 unspecified atom stereocenters.